The SMILES string of the molecule is CCC(=CCN1C(=O)CSC1=O)C(=O)O. The lowest BCUT2D eigenvalue weighted by Crippen LogP contribution is -2.29. The van der Waals surface area contributed by atoms with Crippen LogP contribution in [0.4, 0.5) is 4.79 Å². The topological polar surface area (TPSA) is 74.7 Å². The average molecular weight is 229 g/mol. The minimum atomic E-state index is -1.01. The van der Waals surface area contributed by atoms with Crippen molar-refractivity contribution < 1.29 is 19.5 Å². The van der Waals surface area contributed by atoms with Gasteiger partial charge in [-0.1, -0.05) is 24.8 Å². The molecule has 0 spiro atoms. The molecule has 1 N–H and O–H groups in total. The fourth-order valence-corrected chi connectivity index (χ4v) is 1.88. The molecule has 0 aromatic heterocycles. The van der Waals surface area contributed by atoms with E-state index in [1.807, 2.05) is 0 Å². The van der Waals surface area contributed by atoms with Crippen LogP contribution in [0.1, 0.15) is 13.3 Å². The average Bonchev–Trinajstić information content (AvgIpc) is 2.49. The Morgan fingerprint density at radius 3 is 2.67 bits per heavy atom. The fourth-order valence-electron chi connectivity index (χ4n) is 1.14. The number of thioether (sulfide) groups is 1. The van der Waals surface area contributed by atoms with Gasteiger partial charge in [-0.2, -0.15) is 0 Å². The smallest absolute Gasteiger partial charge is 0.331 e. The van der Waals surface area contributed by atoms with Gasteiger partial charge in [0.15, 0.2) is 0 Å². The van der Waals surface area contributed by atoms with Crippen LogP contribution in [0.5, 0.6) is 0 Å². The molecule has 1 saturated heterocycles. The molecule has 0 atom stereocenters. The van der Waals surface area contributed by atoms with E-state index >= 15 is 0 Å². The second kappa shape index (κ2) is 4.97. The molecule has 0 unspecified atom stereocenters. The third kappa shape index (κ3) is 2.82. The van der Waals surface area contributed by atoms with Crippen LogP contribution in [-0.4, -0.2) is 39.4 Å². The summed E-state index contributed by atoms with van der Waals surface area (Å²) in [5, 5.41) is 8.41. The Morgan fingerprint density at radius 2 is 2.27 bits per heavy atom. The van der Waals surface area contributed by atoms with E-state index in [0.717, 1.165) is 16.7 Å². The third-order valence-corrected chi connectivity index (χ3v) is 2.88. The maximum Gasteiger partial charge on any atom is 0.331 e. The lowest BCUT2D eigenvalue weighted by molar-refractivity contribution is -0.133. The number of aliphatic carboxylic acids is 1. The maximum absolute atomic E-state index is 11.2. The number of carboxylic acid groups (broad SMARTS) is 1. The largest absolute Gasteiger partial charge is 0.478 e. The standard InChI is InChI=1S/C9H11NO4S/c1-2-6(8(12)13)3-4-10-7(11)5-15-9(10)14/h3H,2,4-5H2,1H3,(H,12,13). The van der Waals surface area contributed by atoms with E-state index in [-0.39, 0.29) is 29.0 Å². The van der Waals surface area contributed by atoms with Crippen LogP contribution in [-0.2, 0) is 9.59 Å². The third-order valence-electron chi connectivity index (χ3n) is 2.02. The second-order valence-electron chi connectivity index (χ2n) is 2.95. The number of imide groups is 1. The Morgan fingerprint density at radius 1 is 1.60 bits per heavy atom. The zero-order valence-electron chi connectivity index (χ0n) is 8.23. The number of hydrogen-bond acceptors (Lipinski definition) is 4. The molecule has 0 saturated carbocycles. The summed E-state index contributed by atoms with van der Waals surface area (Å²) in [7, 11) is 0. The predicted octanol–water partition coefficient (Wildman–Crippen LogP) is 1.10. The minimum Gasteiger partial charge on any atom is -0.478 e. The Hall–Kier alpha value is -1.30. The van der Waals surface area contributed by atoms with Gasteiger partial charge < -0.3 is 5.11 Å². The van der Waals surface area contributed by atoms with Crippen LogP contribution in [0.25, 0.3) is 0 Å². The number of nitrogens with zero attached hydrogens (tertiary/aromatic N) is 1. The Labute approximate surface area is 91.1 Å². The van der Waals surface area contributed by atoms with E-state index in [2.05, 4.69) is 0 Å². The van der Waals surface area contributed by atoms with E-state index in [9.17, 15) is 14.4 Å². The van der Waals surface area contributed by atoms with Crippen molar-refractivity contribution in [2.24, 2.45) is 0 Å². The van der Waals surface area contributed by atoms with Crippen molar-refractivity contribution in [3.63, 3.8) is 0 Å². The molecule has 1 fully saturated rings. The molecule has 6 heteroatoms. The van der Waals surface area contributed by atoms with Gasteiger partial charge >= 0.3 is 5.97 Å². The maximum atomic E-state index is 11.2. The molecule has 0 aromatic carbocycles. The molecule has 1 aliphatic heterocycles. The highest BCUT2D eigenvalue weighted by Crippen LogP contribution is 2.18. The van der Waals surface area contributed by atoms with Crippen LogP contribution < -0.4 is 0 Å². The van der Waals surface area contributed by atoms with E-state index in [1.165, 1.54) is 6.08 Å². The molecule has 0 aromatic rings. The zero-order chi connectivity index (χ0) is 11.4. The molecule has 0 aliphatic carbocycles. The molecular weight excluding hydrogens is 218 g/mol. The molecular formula is C9H11NO4S. The minimum absolute atomic E-state index is 0.0557. The summed E-state index contributed by atoms with van der Waals surface area (Å²) in [6.45, 7) is 1.77. The number of amides is 2. The van der Waals surface area contributed by atoms with E-state index in [0.29, 0.717) is 6.42 Å². The van der Waals surface area contributed by atoms with Crippen molar-refractivity contribution >= 4 is 28.9 Å². The summed E-state index contributed by atoms with van der Waals surface area (Å²) < 4.78 is 0. The molecule has 0 bridgehead atoms. The fraction of sp³-hybridized carbons (Fsp3) is 0.444. The van der Waals surface area contributed by atoms with Crippen LogP contribution in [0.15, 0.2) is 11.6 Å². The van der Waals surface area contributed by atoms with E-state index in [4.69, 9.17) is 5.11 Å². The van der Waals surface area contributed by atoms with Gasteiger partial charge in [0, 0.05) is 12.1 Å². The number of hydrogen-bond donors (Lipinski definition) is 1. The van der Waals surface area contributed by atoms with Gasteiger partial charge in [0.2, 0.25) is 5.91 Å². The number of carbonyl (C=O) groups excluding carboxylic acids is 2. The summed E-state index contributed by atoms with van der Waals surface area (Å²) in [6.07, 6.45) is 1.78. The lowest BCUT2D eigenvalue weighted by Gasteiger charge is -2.09. The lowest BCUT2D eigenvalue weighted by atomic mass is 10.2. The Balaban J connectivity index is 2.65. The molecule has 2 amide bonds. The van der Waals surface area contributed by atoms with Crippen LogP contribution in [0, 0.1) is 0 Å². The normalized spacial score (nSPS) is 17.4. The van der Waals surface area contributed by atoms with Gasteiger partial charge in [-0.15, -0.1) is 0 Å². The van der Waals surface area contributed by atoms with Crippen LogP contribution in [0.2, 0.25) is 0 Å². The van der Waals surface area contributed by atoms with Crippen molar-refractivity contribution in [1.82, 2.24) is 4.90 Å². The van der Waals surface area contributed by atoms with Gasteiger partial charge in [0.05, 0.1) is 5.75 Å². The van der Waals surface area contributed by atoms with Gasteiger partial charge in [-0.05, 0) is 6.42 Å². The quantitative estimate of drug-likeness (QED) is 0.731. The van der Waals surface area contributed by atoms with Crippen LogP contribution in [0.3, 0.4) is 0 Å². The summed E-state index contributed by atoms with van der Waals surface area (Å²) in [6, 6.07) is 0. The summed E-state index contributed by atoms with van der Waals surface area (Å²) in [5.74, 6) is -1.12. The highest BCUT2D eigenvalue weighted by atomic mass is 32.2. The van der Waals surface area contributed by atoms with E-state index in [1.54, 1.807) is 6.92 Å². The van der Waals surface area contributed by atoms with Crippen molar-refractivity contribution in [2.75, 3.05) is 12.3 Å². The monoisotopic (exact) mass is 229 g/mol. The van der Waals surface area contributed by atoms with Gasteiger partial charge in [-0.25, -0.2) is 4.79 Å². The van der Waals surface area contributed by atoms with Crippen molar-refractivity contribution in [3.05, 3.63) is 11.6 Å². The molecule has 5 nitrogen and oxygen atoms in total. The van der Waals surface area contributed by atoms with Crippen LogP contribution >= 0.6 is 11.8 Å². The highest BCUT2D eigenvalue weighted by molar-refractivity contribution is 8.14. The first-order valence-electron chi connectivity index (χ1n) is 4.45. The summed E-state index contributed by atoms with van der Waals surface area (Å²) in [5.41, 5.74) is 0.215. The van der Waals surface area contributed by atoms with E-state index < -0.39 is 5.97 Å². The van der Waals surface area contributed by atoms with Gasteiger partial charge in [0.25, 0.3) is 5.24 Å². The molecule has 82 valence electrons. The van der Waals surface area contributed by atoms with Gasteiger partial charge in [-0.3, -0.25) is 14.5 Å². The first-order valence-corrected chi connectivity index (χ1v) is 5.44. The number of carboxylic acids is 1. The first-order chi connectivity index (χ1) is 7.06. The number of carbonyl (C=O) groups is 3. The van der Waals surface area contributed by atoms with Gasteiger partial charge in [0.1, 0.15) is 0 Å². The van der Waals surface area contributed by atoms with Crippen molar-refractivity contribution in [1.29, 1.82) is 0 Å². The molecule has 0 radical (unpaired) electrons. The zero-order valence-corrected chi connectivity index (χ0v) is 9.04. The summed E-state index contributed by atoms with van der Waals surface area (Å²) in [4.78, 5) is 34.0. The summed E-state index contributed by atoms with van der Waals surface area (Å²) >= 11 is 0.942. The molecule has 15 heavy (non-hydrogen) atoms. The number of rotatable bonds is 4. The predicted molar refractivity (Wildman–Crippen MR) is 55.6 cm³/mol. The molecule has 1 aliphatic rings. The molecule has 1 rings (SSSR count). The van der Waals surface area contributed by atoms with Crippen molar-refractivity contribution in [3.8, 4) is 0 Å². The first kappa shape index (κ1) is 11.8. The second-order valence-corrected chi connectivity index (χ2v) is 3.87. The Bertz CT molecular complexity index is 321. The molecule has 1 heterocycles. The Kier molecular flexibility index (Phi) is 3.90. The highest BCUT2D eigenvalue weighted by Gasteiger charge is 2.28. The van der Waals surface area contributed by atoms with Crippen molar-refractivity contribution in [2.45, 2.75) is 13.3 Å².